The Morgan fingerprint density at radius 2 is 2.04 bits per heavy atom. The lowest BCUT2D eigenvalue weighted by Gasteiger charge is -2.08. The van der Waals surface area contributed by atoms with Crippen LogP contribution in [0.15, 0.2) is 52.1 Å². The molecule has 0 radical (unpaired) electrons. The van der Waals surface area contributed by atoms with E-state index < -0.39 is 5.69 Å². The fraction of sp³-hybridized carbons (Fsp3) is 0.105. The molecule has 0 fully saturated rings. The van der Waals surface area contributed by atoms with Gasteiger partial charge in [-0.25, -0.2) is 4.79 Å². The summed E-state index contributed by atoms with van der Waals surface area (Å²) >= 11 is 0. The van der Waals surface area contributed by atoms with Gasteiger partial charge in [-0.1, -0.05) is 12.0 Å². The van der Waals surface area contributed by atoms with Gasteiger partial charge in [0.2, 0.25) is 0 Å². The average molecular weight is 333 g/mol. The van der Waals surface area contributed by atoms with Crippen molar-refractivity contribution in [3.8, 4) is 12.3 Å². The number of nitrogens with one attached hydrogen (secondary N) is 2. The number of H-pyrrole nitrogens is 1. The molecule has 0 spiro atoms. The highest BCUT2D eigenvalue weighted by atomic mass is 16.2. The van der Waals surface area contributed by atoms with Crippen LogP contribution in [0.5, 0.6) is 0 Å². The molecule has 0 aliphatic heterocycles. The number of benzene rings is 2. The smallest absolute Gasteiger partial charge is 0.322 e. The Hall–Kier alpha value is -3.59. The molecule has 0 unspecified atom stereocenters. The van der Waals surface area contributed by atoms with E-state index in [9.17, 15) is 14.4 Å². The van der Waals surface area contributed by atoms with Crippen LogP contribution in [0.2, 0.25) is 0 Å². The third kappa shape index (κ3) is 3.08. The molecule has 2 aromatic carbocycles. The number of hydrogen-bond donors (Lipinski definition) is 2. The lowest BCUT2D eigenvalue weighted by atomic mass is 10.1. The Morgan fingerprint density at radius 3 is 2.76 bits per heavy atom. The van der Waals surface area contributed by atoms with Gasteiger partial charge >= 0.3 is 5.69 Å². The second-order valence-electron chi connectivity index (χ2n) is 5.42. The fourth-order valence-corrected chi connectivity index (χ4v) is 2.57. The van der Waals surface area contributed by atoms with Gasteiger partial charge in [0, 0.05) is 23.4 Å². The Morgan fingerprint density at radius 1 is 1.24 bits per heavy atom. The number of anilines is 1. The Kier molecular flexibility index (Phi) is 4.23. The summed E-state index contributed by atoms with van der Waals surface area (Å²) in [4.78, 5) is 39.2. The van der Waals surface area contributed by atoms with E-state index in [1.165, 1.54) is 12.1 Å². The summed E-state index contributed by atoms with van der Waals surface area (Å²) in [6, 6.07) is 11.5. The third-order valence-corrected chi connectivity index (χ3v) is 3.85. The Labute approximate surface area is 143 Å². The van der Waals surface area contributed by atoms with Crippen molar-refractivity contribution < 1.29 is 4.79 Å². The number of nitrogens with zero attached hydrogens (tertiary/aromatic N) is 1. The zero-order valence-electron chi connectivity index (χ0n) is 13.5. The van der Waals surface area contributed by atoms with Crippen LogP contribution in [0.4, 0.5) is 5.69 Å². The zero-order chi connectivity index (χ0) is 18.0. The van der Waals surface area contributed by atoms with E-state index in [2.05, 4.69) is 16.2 Å². The first-order chi connectivity index (χ1) is 12.0. The number of hydrogen-bond acceptors (Lipinski definition) is 3. The molecule has 0 bridgehead atoms. The second kappa shape index (κ2) is 6.49. The normalized spacial score (nSPS) is 10.4. The summed E-state index contributed by atoms with van der Waals surface area (Å²) < 4.78 is 1.10. The second-order valence-corrected chi connectivity index (χ2v) is 5.42. The minimum absolute atomic E-state index is 0.276. The quantitative estimate of drug-likeness (QED) is 0.719. The molecule has 6 nitrogen and oxygen atoms in total. The summed E-state index contributed by atoms with van der Waals surface area (Å²) in [5, 5.41) is 3.09. The van der Waals surface area contributed by atoms with Gasteiger partial charge in [-0.2, -0.15) is 0 Å². The molecule has 0 atom stereocenters. The van der Waals surface area contributed by atoms with Crippen LogP contribution in [0, 0.1) is 12.3 Å². The SMILES string of the molecule is C#Cc1cccc(NC(=O)c2ccc3c(=O)n(CC)c(=O)[nH]c3c2)c1. The molecule has 0 aliphatic rings. The first-order valence-corrected chi connectivity index (χ1v) is 7.68. The number of rotatable bonds is 3. The van der Waals surface area contributed by atoms with Gasteiger partial charge in [0.15, 0.2) is 0 Å². The number of terminal acetylenes is 1. The first-order valence-electron chi connectivity index (χ1n) is 7.68. The Bertz CT molecular complexity index is 1130. The fourth-order valence-electron chi connectivity index (χ4n) is 2.57. The number of fused-ring (bicyclic) bond motifs is 1. The predicted octanol–water partition coefficient (Wildman–Crippen LogP) is 1.94. The van der Waals surface area contributed by atoms with Crippen molar-refractivity contribution in [2.24, 2.45) is 0 Å². The van der Waals surface area contributed by atoms with Crippen LogP contribution in [-0.4, -0.2) is 15.5 Å². The summed E-state index contributed by atoms with van der Waals surface area (Å²) in [5.74, 6) is 2.14. The topological polar surface area (TPSA) is 84.0 Å². The molecule has 124 valence electrons. The molecule has 1 amide bonds. The highest BCUT2D eigenvalue weighted by Gasteiger charge is 2.11. The molecule has 3 aromatic rings. The van der Waals surface area contributed by atoms with Crippen LogP contribution < -0.4 is 16.6 Å². The molecule has 6 heteroatoms. The summed E-state index contributed by atoms with van der Waals surface area (Å²) in [5.41, 5.74) is 0.984. The largest absolute Gasteiger partial charge is 0.328 e. The van der Waals surface area contributed by atoms with Gasteiger partial charge in [-0.05, 0) is 43.3 Å². The number of aromatic nitrogens is 2. The molecule has 1 heterocycles. The maximum Gasteiger partial charge on any atom is 0.328 e. The first kappa shape index (κ1) is 16.3. The third-order valence-electron chi connectivity index (χ3n) is 3.85. The zero-order valence-corrected chi connectivity index (χ0v) is 13.5. The van der Waals surface area contributed by atoms with Gasteiger partial charge in [-0.15, -0.1) is 6.42 Å². The van der Waals surface area contributed by atoms with Crippen molar-refractivity contribution in [2.75, 3.05) is 5.32 Å². The van der Waals surface area contributed by atoms with Crippen LogP contribution in [0.25, 0.3) is 10.9 Å². The van der Waals surface area contributed by atoms with E-state index in [1.54, 1.807) is 37.3 Å². The van der Waals surface area contributed by atoms with E-state index in [-0.39, 0.29) is 18.0 Å². The molecule has 0 saturated carbocycles. The van der Waals surface area contributed by atoms with E-state index in [0.717, 1.165) is 4.57 Å². The van der Waals surface area contributed by atoms with Crippen LogP contribution in [0.1, 0.15) is 22.8 Å². The molecule has 3 rings (SSSR count). The standard InChI is InChI=1S/C19H15N3O3/c1-3-12-6-5-7-14(10-12)20-17(23)13-8-9-15-16(11-13)21-19(25)22(4-2)18(15)24/h1,5-11H,4H2,2H3,(H,20,23)(H,21,25). The van der Waals surface area contributed by atoms with Crippen LogP contribution in [0.3, 0.4) is 0 Å². The van der Waals surface area contributed by atoms with E-state index >= 15 is 0 Å². The van der Waals surface area contributed by atoms with Gasteiger partial charge in [0.05, 0.1) is 10.9 Å². The van der Waals surface area contributed by atoms with E-state index in [4.69, 9.17) is 6.42 Å². The van der Waals surface area contributed by atoms with E-state index in [1.807, 2.05) is 0 Å². The van der Waals surface area contributed by atoms with Crippen molar-refractivity contribution >= 4 is 22.5 Å². The molecule has 2 N–H and O–H groups in total. The van der Waals surface area contributed by atoms with Gasteiger partial charge in [0.1, 0.15) is 0 Å². The molecular formula is C19H15N3O3. The van der Waals surface area contributed by atoms with Crippen molar-refractivity contribution in [1.29, 1.82) is 0 Å². The van der Waals surface area contributed by atoms with Crippen LogP contribution >= 0.6 is 0 Å². The predicted molar refractivity (Wildman–Crippen MR) is 96.8 cm³/mol. The number of amides is 1. The summed E-state index contributed by atoms with van der Waals surface area (Å²) in [7, 11) is 0. The van der Waals surface area contributed by atoms with Gasteiger partial charge in [-0.3, -0.25) is 14.2 Å². The van der Waals surface area contributed by atoms with Crippen molar-refractivity contribution in [1.82, 2.24) is 9.55 Å². The lowest BCUT2D eigenvalue weighted by molar-refractivity contribution is 0.102. The molecule has 0 aliphatic carbocycles. The molecule has 1 aromatic heterocycles. The maximum atomic E-state index is 12.4. The summed E-state index contributed by atoms with van der Waals surface area (Å²) in [6.45, 7) is 1.99. The van der Waals surface area contributed by atoms with Crippen molar-refractivity contribution in [3.63, 3.8) is 0 Å². The van der Waals surface area contributed by atoms with Gasteiger partial charge in [0.25, 0.3) is 11.5 Å². The average Bonchev–Trinajstić information content (AvgIpc) is 2.61. The van der Waals surface area contributed by atoms with Crippen molar-refractivity contribution in [3.05, 3.63) is 74.4 Å². The number of aromatic amines is 1. The number of carbonyl (C=O) groups is 1. The molecular weight excluding hydrogens is 318 g/mol. The molecule has 25 heavy (non-hydrogen) atoms. The lowest BCUT2D eigenvalue weighted by Crippen LogP contribution is -2.34. The highest BCUT2D eigenvalue weighted by Crippen LogP contribution is 2.14. The molecule has 0 saturated heterocycles. The minimum atomic E-state index is -0.501. The minimum Gasteiger partial charge on any atom is -0.322 e. The van der Waals surface area contributed by atoms with Crippen LogP contribution in [-0.2, 0) is 6.54 Å². The Balaban J connectivity index is 1.99. The number of carbonyl (C=O) groups excluding carboxylic acids is 1. The van der Waals surface area contributed by atoms with E-state index in [0.29, 0.717) is 27.7 Å². The monoisotopic (exact) mass is 333 g/mol. The summed E-state index contributed by atoms with van der Waals surface area (Å²) in [6.07, 6.45) is 5.35. The maximum absolute atomic E-state index is 12.4. The highest BCUT2D eigenvalue weighted by molar-refractivity contribution is 6.06. The van der Waals surface area contributed by atoms with Gasteiger partial charge < -0.3 is 10.3 Å². The van der Waals surface area contributed by atoms with Crippen molar-refractivity contribution in [2.45, 2.75) is 13.5 Å².